The average Bonchev–Trinajstić information content (AvgIpc) is 2.46. The Morgan fingerprint density at radius 1 is 1.33 bits per heavy atom. The Labute approximate surface area is 126 Å². The van der Waals surface area contributed by atoms with Gasteiger partial charge in [-0.25, -0.2) is 4.39 Å². The van der Waals surface area contributed by atoms with Crippen molar-refractivity contribution in [1.82, 2.24) is 0 Å². The Hall–Kier alpha value is -1.40. The second-order valence-corrected chi connectivity index (χ2v) is 6.75. The summed E-state index contributed by atoms with van der Waals surface area (Å²) < 4.78 is 13.2. The number of rotatable bonds is 3. The lowest BCUT2D eigenvalue weighted by atomic mass is 9.64. The van der Waals surface area contributed by atoms with E-state index in [2.05, 4.69) is 19.9 Å². The lowest BCUT2D eigenvalue weighted by Gasteiger charge is -2.40. The number of halogens is 1. The molecule has 1 fully saturated rings. The van der Waals surface area contributed by atoms with Crippen LogP contribution >= 0.6 is 0 Å². The topological polar surface area (TPSA) is 44.0 Å². The summed E-state index contributed by atoms with van der Waals surface area (Å²) in [5, 5.41) is 20.4. The minimum absolute atomic E-state index is 0.307. The van der Waals surface area contributed by atoms with E-state index in [0.29, 0.717) is 35.8 Å². The molecule has 0 heterocycles. The third-order valence-electron chi connectivity index (χ3n) is 5.14. The van der Waals surface area contributed by atoms with Crippen molar-refractivity contribution in [2.24, 2.45) is 17.3 Å². The van der Waals surface area contributed by atoms with Gasteiger partial charge in [0, 0.05) is 0 Å². The minimum atomic E-state index is -0.837. The molecule has 0 amide bonds. The van der Waals surface area contributed by atoms with Crippen molar-refractivity contribution in [3.05, 3.63) is 35.1 Å². The largest absolute Gasteiger partial charge is 0.387 e. The number of nitriles is 1. The molecule has 0 saturated heterocycles. The van der Waals surface area contributed by atoms with Gasteiger partial charge in [0.15, 0.2) is 0 Å². The number of hydrogen-bond acceptors (Lipinski definition) is 2. The van der Waals surface area contributed by atoms with Crippen LogP contribution in [0.4, 0.5) is 4.39 Å². The first kappa shape index (κ1) is 16.0. The summed E-state index contributed by atoms with van der Waals surface area (Å²) in [5.41, 5.74) is 0.664. The number of hydrogen-bond donors (Lipinski definition) is 1. The van der Waals surface area contributed by atoms with E-state index in [1.807, 2.05) is 0 Å². The van der Waals surface area contributed by atoms with E-state index in [4.69, 9.17) is 0 Å². The van der Waals surface area contributed by atoms with Crippen molar-refractivity contribution in [2.45, 2.75) is 52.6 Å². The zero-order valence-corrected chi connectivity index (χ0v) is 13.1. The molecule has 1 aliphatic rings. The highest BCUT2D eigenvalue weighted by Gasteiger charge is 2.43. The first-order chi connectivity index (χ1) is 9.89. The molecule has 1 saturated carbocycles. The molecule has 0 spiro atoms. The van der Waals surface area contributed by atoms with Crippen LogP contribution in [-0.4, -0.2) is 5.11 Å². The molecule has 3 heteroatoms. The molecule has 1 aromatic rings. The van der Waals surface area contributed by atoms with E-state index in [0.717, 1.165) is 12.8 Å². The fraction of sp³-hybridized carbons (Fsp3) is 0.611. The van der Waals surface area contributed by atoms with Gasteiger partial charge >= 0.3 is 0 Å². The van der Waals surface area contributed by atoms with Gasteiger partial charge in [-0.05, 0) is 67.7 Å². The first-order valence-electron chi connectivity index (χ1n) is 7.75. The number of aliphatic hydroxyl groups is 1. The summed E-state index contributed by atoms with van der Waals surface area (Å²) >= 11 is 0. The van der Waals surface area contributed by atoms with Gasteiger partial charge in [-0.15, -0.1) is 0 Å². The third kappa shape index (κ3) is 3.11. The normalized spacial score (nSPS) is 27.4. The van der Waals surface area contributed by atoms with Crippen molar-refractivity contribution in [2.75, 3.05) is 0 Å². The molecule has 1 N–H and O–H groups in total. The number of aryl methyl sites for hydroxylation is 1. The van der Waals surface area contributed by atoms with Gasteiger partial charge in [0.05, 0.1) is 17.6 Å². The summed E-state index contributed by atoms with van der Waals surface area (Å²) in [6.45, 7) is 6.21. The second-order valence-electron chi connectivity index (χ2n) is 6.75. The molecule has 1 aromatic carbocycles. The molecule has 0 aliphatic heterocycles. The molecule has 114 valence electrons. The third-order valence-corrected chi connectivity index (χ3v) is 5.14. The predicted molar refractivity (Wildman–Crippen MR) is 80.9 cm³/mol. The maximum atomic E-state index is 13.2. The Morgan fingerprint density at radius 2 is 1.95 bits per heavy atom. The van der Waals surface area contributed by atoms with Crippen molar-refractivity contribution in [3.8, 4) is 6.07 Å². The van der Waals surface area contributed by atoms with Gasteiger partial charge < -0.3 is 5.11 Å². The van der Waals surface area contributed by atoms with E-state index < -0.39 is 11.5 Å². The monoisotopic (exact) mass is 289 g/mol. The van der Waals surface area contributed by atoms with Gasteiger partial charge in [-0.2, -0.15) is 5.26 Å². The number of nitrogens with zero attached hydrogens (tertiary/aromatic N) is 1. The Bertz CT molecular complexity index is 539. The fourth-order valence-corrected chi connectivity index (χ4v) is 3.51. The van der Waals surface area contributed by atoms with Crippen LogP contribution in [0.3, 0.4) is 0 Å². The summed E-state index contributed by atoms with van der Waals surface area (Å²) in [6, 6.07) is 6.76. The van der Waals surface area contributed by atoms with E-state index in [-0.39, 0.29) is 5.82 Å². The molecular weight excluding hydrogens is 265 g/mol. The van der Waals surface area contributed by atoms with E-state index in [1.54, 1.807) is 13.0 Å². The zero-order chi connectivity index (χ0) is 15.6. The fourth-order valence-electron chi connectivity index (χ4n) is 3.51. The van der Waals surface area contributed by atoms with E-state index in [1.165, 1.54) is 12.1 Å². The van der Waals surface area contributed by atoms with Crippen molar-refractivity contribution in [1.29, 1.82) is 5.26 Å². The van der Waals surface area contributed by atoms with Crippen molar-refractivity contribution < 1.29 is 9.50 Å². The van der Waals surface area contributed by atoms with Gasteiger partial charge in [0.25, 0.3) is 0 Å². The summed E-state index contributed by atoms with van der Waals surface area (Å²) in [7, 11) is 0. The van der Waals surface area contributed by atoms with Gasteiger partial charge in [-0.1, -0.05) is 19.9 Å². The molecule has 1 aliphatic carbocycles. The zero-order valence-electron chi connectivity index (χ0n) is 13.1. The summed E-state index contributed by atoms with van der Waals surface area (Å²) in [5.74, 6) is 0.942. The lowest BCUT2D eigenvalue weighted by Crippen LogP contribution is -2.34. The smallest absolute Gasteiger partial charge is 0.123 e. The van der Waals surface area contributed by atoms with Crippen LogP contribution in [0, 0.1) is 41.3 Å². The molecule has 1 unspecified atom stereocenters. The Kier molecular flexibility index (Phi) is 4.68. The quantitative estimate of drug-likeness (QED) is 0.888. The van der Waals surface area contributed by atoms with Crippen LogP contribution < -0.4 is 0 Å². The first-order valence-corrected chi connectivity index (χ1v) is 7.75. The average molecular weight is 289 g/mol. The van der Waals surface area contributed by atoms with Crippen LogP contribution in [-0.2, 0) is 0 Å². The predicted octanol–water partition coefficient (Wildman–Crippen LogP) is 4.52. The molecule has 21 heavy (non-hydrogen) atoms. The molecule has 1 atom stereocenters. The molecule has 2 nitrogen and oxygen atoms in total. The highest BCUT2D eigenvalue weighted by Crippen LogP contribution is 2.49. The van der Waals surface area contributed by atoms with Crippen LogP contribution in [0.1, 0.15) is 56.8 Å². The van der Waals surface area contributed by atoms with Crippen molar-refractivity contribution >= 4 is 0 Å². The van der Waals surface area contributed by atoms with Crippen molar-refractivity contribution in [3.63, 3.8) is 0 Å². The molecule has 2 rings (SSSR count). The molecule has 0 radical (unpaired) electrons. The summed E-state index contributed by atoms with van der Waals surface area (Å²) in [6.07, 6.45) is 2.54. The van der Waals surface area contributed by atoms with Crippen LogP contribution in [0.25, 0.3) is 0 Å². The Morgan fingerprint density at radius 3 is 2.43 bits per heavy atom. The van der Waals surface area contributed by atoms with Gasteiger partial charge in [0.2, 0.25) is 0 Å². The van der Waals surface area contributed by atoms with Crippen LogP contribution in [0.5, 0.6) is 0 Å². The van der Waals surface area contributed by atoms with Gasteiger partial charge in [-0.3, -0.25) is 0 Å². The molecule has 0 aromatic heterocycles. The number of benzene rings is 1. The standard InChI is InChI=1S/C18H24FNO/c1-12(2)14-6-8-18(11-20,9-7-14)17(21)16-5-4-15(19)10-13(16)3/h4-5,10,12,14,17,21H,6-9H2,1-3H3. The SMILES string of the molecule is Cc1cc(F)ccc1C(O)C1(C#N)CCC(C(C)C)CC1. The molecular formula is C18H24FNO. The highest BCUT2D eigenvalue weighted by atomic mass is 19.1. The van der Waals surface area contributed by atoms with E-state index in [9.17, 15) is 14.8 Å². The summed E-state index contributed by atoms with van der Waals surface area (Å²) in [4.78, 5) is 0. The number of aliphatic hydroxyl groups excluding tert-OH is 1. The maximum Gasteiger partial charge on any atom is 0.123 e. The van der Waals surface area contributed by atoms with E-state index >= 15 is 0 Å². The highest BCUT2D eigenvalue weighted by molar-refractivity contribution is 5.31. The van der Waals surface area contributed by atoms with Crippen LogP contribution in [0.15, 0.2) is 18.2 Å². The van der Waals surface area contributed by atoms with Gasteiger partial charge in [0.1, 0.15) is 5.82 Å². The van der Waals surface area contributed by atoms with Crippen LogP contribution in [0.2, 0.25) is 0 Å². The maximum absolute atomic E-state index is 13.2. The minimum Gasteiger partial charge on any atom is -0.387 e. The Balaban J connectivity index is 2.24. The molecule has 0 bridgehead atoms. The lowest BCUT2D eigenvalue weighted by molar-refractivity contribution is 0.0186. The second kappa shape index (κ2) is 6.15.